The van der Waals surface area contributed by atoms with Crippen LogP contribution in [0.4, 0.5) is 17.6 Å². The summed E-state index contributed by atoms with van der Waals surface area (Å²) < 4.78 is 60.0. The number of hydrogen-bond acceptors (Lipinski definition) is 5. The number of aromatic amines is 2. The Labute approximate surface area is 258 Å². The van der Waals surface area contributed by atoms with E-state index in [0.29, 0.717) is 46.8 Å². The van der Waals surface area contributed by atoms with Gasteiger partial charge in [-0.15, -0.1) is 12.6 Å². The van der Waals surface area contributed by atoms with Crippen molar-refractivity contribution in [3.05, 3.63) is 106 Å². The maximum atomic E-state index is 15.3. The number of benzene rings is 2. The molecule has 44 heavy (non-hydrogen) atoms. The van der Waals surface area contributed by atoms with Gasteiger partial charge in [0.2, 0.25) is 0 Å². The minimum atomic E-state index is -1.58. The van der Waals surface area contributed by atoms with Crippen LogP contribution in [0.2, 0.25) is 0 Å². The zero-order valence-electron chi connectivity index (χ0n) is 22.6. The number of fused-ring (bicyclic) bond motifs is 8. The molecule has 3 aliphatic heterocycles. The van der Waals surface area contributed by atoms with E-state index in [1.165, 1.54) is 0 Å². The maximum Gasteiger partial charge on any atom is 0.175 e. The summed E-state index contributed by atoms with van der Waals surface area (Å²) in [6.07, 6.45) is 7.77. The average Bonchev–Trinajstić information content (AvgIpc) is 3.84. The Hall–Kier alpha value is -4.79. The molecule has 2 aromatic carbocycles. The second kappa shape index (κ2) is 11.0. The van der Waals surface area contributed by atoms with Crippen LogP contribution >= 0.6 is 24.4 Å². The summed E-state index contributed by atoms with van der Waals surface area (Å²) in [6.45, 7) is 0. The van der Waals surface area contributed by atoms with Gasteiger partial charge in [-0.2, -0.15) is 5.26 Å². The molecule has 11 heteroatoms. The Morgan fingerprint density at radius 3 is 2.07 bits per heavy atom. The van der Waals surface area contributed by atoms with Crippen LogP contribution in [0.25, 0.3) is 57.6 Å². The fourth-order valence-electron chi connectivity index (χ4n) is 5.51. The second-order valence-corrected chi connectivity index (χ2v) is 11.5. The molecule has 216 valence electrons. The topological polar surface area (TPSA) is 81.2 Å². The fraction of sp³-hybridized carbons (Fsp3) is 0.0606. The first-order chi connectivity index (χ1) is 21.3. The molecular weight excluding hydrogens is 607 g/mol. The van der Waals surface area contributed by atoms with E-state index in [1.807, 2.05) is 54.6 Å². The van der Waals surface area contributed by atoms with Crippen LogP contribution in [0.15, 0.2) is 58.3 Å². The van der Waals surface area contributed by atoms with Gasteiger partial charge in [0.05, 0.1) is 33.2 Å². The number of halogens is 4. The number of nitrogens with zero attached hydrogens (tertiary/aromatic N) is 3. The zero-order valence-corrected chi connectivity index (χ0v) is 24.3. The summed E-state index contributed by atoms with van der Waals surface area (Å²) >= 11 is 4.70. The molecular formula is C33H19F4N5S2. The normalized spacial score (nSPS) is 12.8. The minimum Gasteiger partial charge on any atom is -0.362 e. The highest BCUT2D eigenvalue weighted by Gasteiger charge is 2.29. The van der Waals surface area contributed by atoms with Gasteiger partial charge in [-0.05, 0) is 90.9 Å². The van der Waals surface area contributed by atoms with Crippen molar-refractivity contribution in [3.8, 4) is 27.7 Å². The predicted octanol–water partition coefficient (Wildman–Crippen LogP) is 8.92. The lowest BCUT2D eigenvalue weighted by molar-refractivity contribution is 0.430. The van der Waals surface area contributed by atoms with Gasteiger partial charge in [-0.25, -0.2) is 27.5 Å². The Morgan fingerprint density at radius 2 is 1.39 bits per heavy atom. The third-order valence-electron chi connectivity index (χ3n) is 7.49. The molecule has 0 amide bonds. The molecule has 7 rings (SSSR count). The summed E-state index contributed by atoms with van der Waals surface area (Å²) in [5, 5.41) is 11.1. The van der Waals surface area contributed by atoms with Gasteiger partial charge in [-0.3, -0.25) is 0 Å². The first-order valence-corrected chi connectivity index (χ1v) is 14.7. The smallest absolute Gasteiger partial charge is 0.175 e. The summed E-state index contributed by atoms with van der Waals surface area (Å²) in [6, 6.07) is 15.0. The largest absolute Gasteiger partial charge is 0.362 e. The molecule has 0 atom stereocenters. The number of thiol groups is 1. The summed E-state index contributed by atoms with van der Waals surface area (Å²) in [5.74, 6) is -6.24. The molecule has 4 aromatic rings. The van der Waals surface area contributed by atoms with Crippen LogP contribution in [0.3, 0.4) is 0 Å². The van der Waals surface area contributed by atoms with Gasteiger partial charge in [-0.1, -0.05) is 12.1 Å². The first kappa shape index (κ1) is 28.0. The average molecular weight is 626 g/mol. The lowest BCUT2D eigenvalue weighted by Crippen LogP contribution is -2.04. The van der Waals surface area contributed by atoms with E-state index in [2.05, 4.69) is 33.0 Å². The molecule has 3 aliphatic rings. The van der Waals surface area contributed by atoms with Crippen molar-refractivity contribution in [2.75, 3.05) is 0 Å². The molecule has 0 spiro atoms. The molecule has 0 saturated carbocycles. The number of aromatic nitrogens is 4. The molecule has 5 heterocycles. The number of thioether (sulfide) groups is 1. The van der Waals surface area contributed by atoms with E-state index in [4.69, 9.17) is 10.2 Å². The van der Waals surface area contributed by atoms with Crippen LogP contribution in [0.1, 0.15) is 34.2 Å². The molecule has 0 aliphatic carbocycles. The molecule has 5 nitrogen and oxygen atoms in total. The Bertz CT molecular complexity index is 2140. The number of nitriles is 1. The first-order valence-electron chi connectivity index (χ1n) is 13.4. The zero-order chi connectivity index (χ0) is 30.5. The molecule has 0 saturated heterocycles. The molecule has 0 fully saturated rings. The van der Waals surface area contributed by atoms with Gasteiger partial charge in [0.15, 0.2) is 23.3 Å². The van der Waals surface area contributed by atoms with Gasteiger partial charge in [0.1, 0.15) is 5.40 Å². The number of aryl methyl sites for hydroxylation is 2. The number of hydrogen-bond donors (Lipinski definition) is 3. The van der Waals surface area contributed by atoms with E-state index in [1.54, 1.807) is 18.2 Å². The van der Waals surface area contributed by atoms with Crippen molar-refractivity contribution >= 4 is 59.7 Å². The van der Waals surface area contributed by atoms with Gasteiger partial charge < -0.3 is 9.97 Å². The third-order valence-corrected chi connectivity index (χ3v) is 8.48. The summed E-state index contributed by atoms with van der Waals surface area (Å²) in [5.41, 5.74) is 5.38. The van der Waals surface area contributed by atoms with Gasteiger partial charge in [0, 0.05) is 38.4 Å². The molecule has 2 aromatic heterocycles. The van der Waals surface area contributed by atoms with Gasteiger partial charge >= 0.3 is 0 Å². The predicted molar refractivity (Wildman–Crippen MR) is 167 cm³/mol. The van der Waals surface area contributed by atoms with Crippen LogP contribution in [-0.4, -0.2) is 19.9 Å². The lowest BCUT2D eigenvalue weighted by Gasteiger charge is -2.12. The maximum absolute atomic E-state index is 15.3. The highest BCUT2D eigenvalue weighted by Crippen LogP contribution is 2.38. The van der Waals surface area contributed by atoms with Crippen molar-refractivity contribution < 1.29 is 17.6 Å². The number of H-pyrrole nitrogens is 2. The highest BCUT2D eigenvalue weighted by molar-refractivity contribution is 8.03. The monoisotopic (exact) mass is 625 g/mol. The van der Waals surface area contributed by atoms with Crippen LogP contribution in [0.5, 0.6) is 0 Å². The van der Waals surface area contributed by atoms with Crippen molar-refractivity contribution in [1.82, 2.24) is 19.9 Å². The van der Waals surface area contributed by atoms with Crippen molar-refractivity contribution in [3.63, 3.8) is 0 Å². The molecule has 0 radical (unpaired) electrons. The minimum absolute atomic E-state index is 0.0711. The van der Waals surface area contributed by atoms with Crippen LogP contribution < -0.4 is 0 Å². The Morgan fingerprint density at radius 1 is 0.727 bits per heavy atom. The number of nitrogens with one attached hydrogen (secondary N) is 2. The highest BCUT2D eigenvalue weighted by atomic mass is 32.2. The third kappa shape index (κ3) is 4.86. The van der Waals surface area contributed by atoms with Crippen molar-refractivity contribution in [2.45, 2.75) is 22.6 Å². The quantitative estimate of drug-likeness (QED) is 0.0603. The van der Waals surface area contributed by atoms with E-state index in [9.17, 15) is 8.78 Å². The number of rotatable bonds is 3. The van der Waals surface area contributed by atoms with Crippen molar-refractivity contribution in [2.24, 2.45) is 0 Å². The summed E-state index contributed by atoms with van der Waals surface area (Å²) in [4.78, 5) is 15.8. The molecule has 0 unspecified atom stereocenters. The fourth-order valence-corrected chi connectivity index (χ4v) is 6.08. The lowest BCUT2D eigenvalue weighted by atomic mass is 9.99. The van der Waals surface area contributed by atoms with E-state index in [0.717, 1.165) is 33.3 Å². The Balaban J connectivity index is 1.53. The van der Waals surface area contributed by atoms with Crippen LogP contribution in [0, 0.1) is 33.9 Å². The number of thiocyanates is 1. The molecule has 2 N–H and O–H groups in total. The second-order valence-electron chi connectivity index (χ2n) is 10.2. The van der Waals surface area contributed by atoms with Crippen molar-refractivity contribution in [1.29, 1.82) is 5.26 Å². The molecule has 8 bridgehead atoms. The van der Waals surface area contributed by atoms with E-state index >= 15 is 8.78 Å². The van der Waals surface area contributed by atoms with Gasteiger partial charge in [0.25, 0.3) is 0 Å². The van der Waals surface area contributed by atoms with Crippen LogP contribution in [-0.2, 0) is 12.8 Å². The summed E-state index contributed by atoms with van der Waals surface area (Å²) in [7, 11) is 0. The Kier molecular flexibility index (Phi) is 7.03. The van der Waals surface area contributed by atoms with E-state index < -0.39 is 33.7 Å². The van der Waals surface area contributed by atoms with E-state index in [-0.39, 0.29) is 11.3 Å². The standard InChI is InChI=1S/C33H19F4N5S2/c34-29-28(30(35)32(37)33(43)31(29)36)27-24-11-5-19(41-24)13-17-3-9-22(39-17)26(16-1-7-21(8-2-16)44-15-38)23-10-4-18(40-23)14-20-6-12-25(27)42-20/h1-5,7-11,13-14,39,42-43H,6,12H2. The SMILES string of the molecule is N#CSc1ccc(-c2c3nc(cc4[nH]c(c(-c5c(F)c(F)c(S)c(F)c5F)c5nc(cc6ccc2[nH]6)C=C5)CC4)C=C3)cc1.